The number of hydrogen-bond acceptors (Lipinski definition) is 6. The van der Waals surface area contributed by atoms with Crippen LogP contribution in [0.3, 0.4) is 0 Å². The minimum absolute atomic E-state index is 0.0163. The number of likely N-dealkylation sites (tertiary alicyclic amines) is 1. The number of piperazine rings is 1. The van der Waals surface area contributed by atoms with E-state index in [1.54, 1.807) is 0 Å². The summed E-state index contributed by atoms with van der Waals surface area (Å²) in [4.78, 5) is 29.1. The summed E-state index contributed by atoms with van der Waals surface area (Å²) in [6.45, 7) is 4.85. The summed E-state index contributed by atoms with van der Waals surface area (Å²) < 4.78 is 27.7. The number of rotatable bonds is 4. The monoisotopic (exact) mass is 442 g/mol. The normalized spacial score (nSPS) is 19.8. The number of aromatic nitrogens is 3. The summed E-state index contributed by atoms with van der Waals surface area (Å²) in [6, 6.07) is 5.84. The number of anilines is 3. The zero-order valence-electron chi connectivity index (χ0n) is 16.2. The molecule has 0 aliphatic carbocycles. The molecule has 2 aromatic heterocycles. The fraction of sp³-hybridized carbons (Fsp3) is 0.238. The Hall–Kier alpha value is -3.33. The van der Waals surface area contributed by atoms with Crippen molar-refractivity contribution in [1.82, 2.24) is 19.9 Å². The number of benzene rings is 1. The fourth-order valence-corrected chi connectivity index (χ4v) is 4.43. The van der Waals surface area contributed by atoms with E-state index in [0.717, 1.165) is 18.3 Å². The topological polar surface area (TPSA) is 74.2 Å². The van der Waals surface area contributed by atoms with Gasteiger partial charge < -0.3 is 15.1 Å². The van der Waals surface area contributed by atoms with Crippen LogP contribution in [0.15, 0.2) is 43.2 Å². The number of pyridine rings is 1. The van der Waals surface area contributed by atoms with Gasteiger partial charge in [0.15, 0.2) is 5.82 Å². The van der Waals surface area contributed by atoms with Crippen molar-refractivity contribution < 1.29 is 13.6 Å². The van der Waals surface area contributed by atoms with E-state index in [2.05, 4.69) is 26.8 Å². The van der Waals surface area contributed by atoms with Gasteiger partial charge in [0.25, 0.3) is 0 Å². The second-order valence-corrected chi connectivity index (χ2v) is 7.93. The number of hydrogen-bond donors (Lipinski definition) is 1. The number of halogens is 3. The molecule has 1 aromatic carbocycles. The summed E-state index contributed by atoms with van der Waals surface area (Å²) in [5.74, 6) is -0.694. The predicted octanol–water partition coefficient (Wildman–Crippen LogP) is 3.68. The largest absolute Gasteiger partial charge is 0.350 e. The lowest BCUT2D eigenvalue weighted by molar-refractivity contribution is -0.127. The van der Waals surface area contributed by atoms with Gasteiger partial charge in [-0.05, 0) is 30.7 Å². The van der Waals surface area contributed by atoms with E-state index in [4.69, 9.17) is 16.6 Å². The van der Waals surface area contributed by atoms with E-state index in [1.807, 2.05) is 17.0 Å². The van der Waals surface area contributed by atoms with Crippen LogP contribution in [-0.4, -0.2) is 50.9 Å². The molecule has 2 saturated heterocycles. The molecule has 1 amide bonds. The van der Waals surface area contributed by atoms with Gasteiger partial charge in [-0.25, -0.2) is 23.7 Å². The number of nitrogens with one attached hydrogen (secondary N) is 1. The quantitative estimate of drug-likeness (QED) is 0.491. The molecular weight excluding hydrogens is 426 g/mol. The maximum Gasteiger partial charge on any atom is 0.246 e. The first kappa shape index (κ1) is 19.6. The van der Waals surface area contributed by atoms with Crippen molar-refractivity contribution in [2.75, 3.05) is 23.3 Å². The van der Waals surface area contributed by atoms with Gasteiger partial charge in [-0.2, -0.15) is 0 Å². The molecule has 10 heteroatoms. The molecule has 0 radical (unpaired) electrons. The molecule has 31 heavy (non-hydrogen) atoms. The Kier molecular flexibility index (Phi) is 4.70. The van der Waals surface area contributed by atoms with Crippen molar-refractivity contribution in [3.63, 3.8) is 0 Å². The molecule has 2 fully saturated rings. The van der Waals surface area contributed by atoms with Crippen LogP contribution in [0.2, 0.25) is 5.02 Å². The van der Waals surface area contributed by atoms with Gasteiger partial charge in [-0.1, -0.05) is 18.2 Å². The van der Waals surface area contributed by atoms with E-state index in [0.29, 0.717) is 30.2 Å². The molecule has 0 saturated carbocycles. The average Bonchev–Trinajstić information content (AvgIpc) is 3.38. The maximum absolute atomic E-state index is 14.2. The highest BCUT2D eigenvalue weighted by atomic mass is 35.5. The van der Waals surface area contributed by atoms with Gasteiger partial charge in [-0.3, -0.25) is 4.79 Å². The molecule has 1 N–H and O–H groups in total. The number of amides is 1. The lowest BCUT2D eigenvalue weighted by atomic mass is 10.2. The van der Waals surface area contributed by atoms with E-state index in [1.165, 1.54) is 12.4 Å². The van der Waals surface area contributed by atoms with Crippen molar-refractivity contribution in [2.45, 2.75) is 18.5 Å². The molecular formula is C21H17ClF2N6O. The Morgan fingerprint density at radius 1 is 1.19 bits per heavy atom. The summed E-state index contributed by atoms with van der Waals surface area (Å²) in [6.07, 6.45) is 3.55. The smallest absolute Gasteiger partial charge is 0.246 e. The standard InChI is InChI=1S/C21H17ClF2N6O/c1-2-19(31)30-9-11-5-12(30)8-29(11)18-4-3-16-20(28-18)21(26-10-25-16)27-17-6-13(22)14(23)7-15(17)24/h2-4,6-7,10-12H,1,5,8-9H2,(H,25,26,27)/t11-,12-/m0/s1. The molecule has 5 rings (SSSR count). The zero-order valence-corrected chi connectivity index (χ0v) is 17.0. The molecule has 4 heterocycles. The number of carbonyl (C=O) groups excluding carboxylic acids is 1. The molecule has 0 unspecified atom stereocenters. The van der Waals surface area contributed by atoms with E-state index in [-0.39, 0.29) is 34.5 Å². The van der Waals surface area contributed by atoms with Gasteiger partial charge in [0.2, 0.25) is 5.91 Å². The Balaban J connectivity index is 1.47. The van der Waals surface area contributed by atoms with Crippen LogP contribution in [0.5, 0.6) is 0 Å². The van der Waals surface area contributed by atoms with Crippen molar-refractivity contribution in [3.05, 3.63) is 59.9 Å². The van der Waals surface area contributed by atoms with Gasteiger partial charge in [0.05, 0.1) is 28.3 Å². The first-order valence-electron chi connectivity index (χ1n) is 9.67. The number of carbonyl (C=O) groups is 1. The SMILES string of the molecule is C=CC(=O)N1C[C@@H]2C[C@H]1CN2c1ccc2ncnc(Nc3cc(Cl)c(F)cc3F)c2n1. The van der Waals surface area contributed by atoms with Crippen LogP contribution in [0.25, 0.3) is 11.0 Å². The zero-order chi connectivity index (χ0) is 21.7. The van der Waals surface area contributed by atoms with Crippen molar-refractivity contribution in [2.24, 2.45) is 0 Å². The minimum atomic E-state index is -0.842. The number of nitrogens with zero attached hydrogens (tertiary/aromatic N) is 5. The lowest BCUT2D eigenvalue weighted by Gasteiger charge is -2.34. The van der Waals surface area contributed by atoms with Crippen LogP contribution in [-0.2, 0) is 4.79 Å². The molecule has 3 aromatic rings. The Labute approximate surface area is 181 Å². The van der Waals surface area contributed by atoms with Crippen LogP contribution >= 0.6 is 11.6 Å². The second-order valence-electron chi connectivity index (χ2n) is 7.52. The van der Waals surface area contributed by atoms with E-state index >= 15 is 0 Å². The van der Waals surface area contributed by atoms with Gasteiger partial charge in [0, 0.05) is 19.2 Å². The van der Waals surface area contributed by atoms with Crippen LogP contribution in [0, 0.1) is 11.6 Å². The highest BCUT2D eigenvalue weighted by Gasteiger charge is 2.45. The van der Waals surface area contributed by atoms with Crippen LogP contribution in [0.4, 0.5) is 26.1 Å². The summed E-state index contributed by atoms with van der Waals surface area (Å²) >= 11 is 5.79. The molecule has 2 aliphatic rings. The van der Waals surface area contributed by atoms with Gasteiger partial charge >= 0.3 is 0 Å². The van der Waals surface area contributed by atoms with Crippen molar-refractivity contribution in [1.29, 1.82) is 0 Å². The van der Waals surface area contributed by atoms with E-state index < -0.39 is 11.6 Å². The third kappa shape index (κ3) is 3.34. The molecule has 2 aliphatic heterocycles. The summed E-state index contributed by atoms with van der Waals surface area (Å²) in [7, 11) is 0. The predicted molar refractivity (Wildman–Crippen MR) is 113 cm³/mol. The molecule has 7 nitrogen and oxygen atoms in total. The van der Waals surface area contributed by atoms with Crippen LogP contribution < -0.4 is 10.2 Å². The highest BCUT2D eigenvalue weighted by molar-refractivity contribution is 6.31. The Bertz CT molecular complexity index is 1220. The fourth-order valence-electron chi connectivity index (χ4n) is 4.26. The first-order valence-corrected chi connectivity index (χ1v) is 10.1. The first-order chi connectivity index (χ1) is 14.9. The molecule has 2 bridgehead atoms. The van der Waals surface area contributed by atoms with Crippen molar-refractivity contribution in [3.8, 4) is 0 Å². The van der Waals surface area contributed by atoms with E-state index in [9.17, 15) is 13.6 Å². The Morgan fingerprint density at radius 3 is 2.77 bits per heavy atom. The molecule has 2 atom stereocenters. The Morgan fingerprint density at radius 2 is 2.03 bits per heavy atom. The molecule has 158 valence electrons. The average molecular weight is 443 g/mol. The highest BCUT2D eigenvalue weighted by Crippen LogP contribution is 2.35. The van der Waals surface area contributed by atoms with Crippen LogP contribution in [0.1, 0.15) is 6.42 Å². The lowest BCUT2D eigenvalue weighted by Crippen LogP contribution is -2.48. The number of fused-ring (bicyclic) bond motifs is 3. The van der Waals surface area contributed by atoms with Crippen molar-refractivity contribution >= 4 is 45.9 Å². The summed E-state index contributed by atoms with van der Waals surface area (Å²) in [5.41, 5.74) is 1.00. The maximum atomic E-state index is 14.2. The molecule has 0 spiro atoms. The minimum Gasteiger partial charge on any atom is -0.350 e. The van der Waals surface area contributed by atoms with Gasteiger partial charge in [0.1, 0.15) is 29.3 Å². The second kappa shape index (κ2) is 7.42. The summed E-state index contributed by atoms with van der Waals surface area (Å²) in [5, 5.41) is 2.64. The third-order valence-electron chi connectivity index (χ3n) is 5.72. The van der Waals surface area contributed by atoms with Gasteiger partial charge in [-0.15, -0.1) is 0 Å². The third-order valence-corrected chi connectivity index (χ3v) is 6.01.